The molecule has 0 spiro atoms. The molecule has 1 amide bonds. The number of hydrogen-bond acceptors (Lipinski definition) is 3. The minimum Gasteiger partial charge on any atom is -0.388 e. The van der Waals surface area contributed by atoms with E-state index in [1.807, 2.05) is 24.1 Å². The lowest BCUT2D eigenvalue weighted by Crippen LogP contribution is -2.33. The number of nitrogens with one attached hydrogen (secondary N) is 1. The molecule has 19 heavy (non-hydrogen) atoms. The molecule has 0 aromatic carbocycles. The largest absolute Gasteiger partial charge is 0.388 e. The molecular weight excluding hydrogens is 238 g/mol. The van der Waals surface area contributed by atoms with Crippen molar-refractivity contribution in [3.8, 4) is 0 Å². The van der Waals surface area contributed by atoms with Crippen LogP contribution in [-0.2, 0) is 0 Å². The molecule has 1 N–H and O–H groups in total. The average Bonchev–Trinajstić information content (AvgIpc) is 2.47. The molecule has 0 atom stereocenters. The van der Waals surface area contributed by atoms with Gasteiger partial charge in [-0.2, -0.15) is 0 Å². The van der Waals surface area contributed by atoms with E-state index in [9.17, 15) is 4.79 Å². The molecule has 4 nitrogen and oxygen atoms in total. The first-order valence-corrected chi connectivity index (χ1v) is 7.16. The molecule has 1 heterocycles. The van der Waals surface area contributed by atoms with Gasteiger partial charge in [-0.15, -0.1) is 0 Å². The maximum absolute atomic E-state index is 12.5. The highest BCUT2D eigenvalue weighted by atomic mass is 16.2. The summed E-state index contributed by atoms with van der Waals surface area (Å²) >= 11 is 0. The standard InChI is InChI=1S/C15H25N3O/c1-4-6-10-18(11-7-5-2)15(19)14-12-13(16-3)8-9-17-14/h8-9,12H,4-7,10-11H2,1-3H3,(H,16,17). The normalized spacial score (nSPS) is 10.3. The monoisotopic (exact) mass is 263 g/mol. The van der Waals surface area contributed by atoms with Crippen molar-refractivity contribution < 1.29 is 4.79 Å². The number of carbonyl (C=O) groups is 1. The Bertz CT molecular complexity index is 385. The number of hydrogen-bond donors (Lipinski definition) is 1. The Hall–Kier alpha value is -1.58. The van der Waals surface area contributed by atoms with E-state index in [1.165, 1.54) is 0 Å². The summed E-state index contributed by atoms with van der Waals surface area (Å²) in [5.41, 5.74) is 1.45. The van der Waals surface area contributed by atoms with Crippen LogP contribution in [0, 0.1) is 0 Å². The summed E-state index contributed by atoms with van der Waals surface area (Å²) in [5.74, 6) is 0.0407. The van der Waals surface area contributed by atoms with Gasteiger partial charge in [0.1, 0.15) is 5.69 Å². The van der Waals surface area contributed by atoms with Gasteiger partial charge in [-0.1, -0.05) is 26.7 Å². The molecule has 1 aromatic rings. The lowest BCUT2D eigenvalue weighted by atomic mass is 10.2. The lowest BCUT2D eigenvalue weighted by molar-refractivity contribution is 0.0745. The minimum atomic E-state index is 0.0407. The number of rotatable bonds is 8. The molecule has 4 heteroatoms. The molecule has 0 aliphatic heterocycles. The maximum atomic E-state index is 12.5. The van der Waals surface area contributed by atoms with E-state index < -0.39 is 0 Å². The Morgan fingerprint density at radius 2 is 1.89 bits per heavy atom. The number of nitrogens with zero attached hydrogens (tertiary/aromatic N) is 2. The Morgan fingerprint density at radius 3 is 2.42 bits per heavy atom. The molecule has 0 unspecified atom stereocenters. The molecule has 1 rings (SSSR count). The maximum Gasteiger partial charge on any atom is 0.272 e. The molecule has 1 aromatic heterocycles. The number of carbonyl (C=O) groups excluding carboxylic acids is 1. The van der Waals surface area contributed by atoms with Crippen molar-refractivity contribution in [2.45, 2.75) is 39.5 Å². The summed E-state index contributed by atoms with van der Waals surface area (Å²) in [4.78, 5) is 18.6. The van der Waals surface area contributed by atoms with Crippen LogP contribution in [0.15, 0.2) is 18.3 Å². The van der Waals surface area contributed by atoms with Crippen molar-refractivity contribution in [1.29, 1.82) is 0 Å². The van der Waals surface area contributed by atoms with Gasteiger partial charge >= 0.3 is 0 Å². The van der Waals surface area contributed by atoms with Gasteiger partial charge in [0, 0.05) is 32.0 Å². The fourth-order valence-corrected chi connectivity index (χ4v) is 1.88. The smallest absolute Gasteiger partial charge is 0.272 e. The van der Waals surface area contributed by atoms with Crippen LogP contribution in [0.3, 0.4) is 0 Å². The van der Waals surface area contributed by atoms with E-state index >= 15 is 0 Å². The van der Waals surface area contributed by atoms with E-state index in [-0.39, 0.29) is 5.91 Å². The summed E-state index contributed by atoms with van der Waals surface area (Å²) < 4.78 is 0. The van der Waals surface area contributed by atoms with Crippen LogP contribution in [0.5, 0.6) is 0 Å². The van der Waals surface area contributed by atoms with E-state index in [0.717, 1.165) is 44.5 Å². The Labute approximate surface area is 116 Å². The predicted octanol–water partition coefficient (Wildman–Crippen LogP) is 3.17. The van der Waals surface area contributed by atoms with E-state index in [2.05, 4.69) is 24.1 Å². The number of amides is 1. The van der Waals surface area contributed by atoms with Crippen LogP contribution in [0.25, 0.3) is 0 Å². The number of anilines is 1. The summed E-state index contributed by atoms with van der Waals surface area (Å²) in [6.45, 7) is 5.92. The second kappa shape index (κ2) is 8.51. The second-order valence-electron chi connectivity index (χ2n) is 4.68. The van der Waals surface area contributed by atoms with E-state index in [0.29, 0.717) is 5.69 Å². The third kappa shape index (κ3) is 4.89. The minimum absolute atomic E-state index is 0.0407. The Balaban J connectivity index is 2.77. The topological polar surface area (TPSA) is 45.2 Å². The van der Waals surface area contributed by atoms with Gasteiger partial charge in [0.15, 0.2) is 0 Å². The van der Waals surface area contributed by atoms with Crippen molar-refractivity contribution in [2.24, 2.45) is 0 Å². The molecule has 0 bridgehead atoms. The van der Waals surface area contributed by atoms with Gasteiger partial charge in [-0.25, -0.2) is 0 Å². The zero-order valence-corrected chi connectivity index (χ0v) is 12.3. The highest BCUT2D eigenvalue weighted by Gasteiger charge is 2.16. The van der Waals surface area contributed by atoms with Crippen molar-refractivity contribution in [2.75, 3.05) is 25.5 Å². The Morgan fingerprint density at radius 1 is 1.26 bits per heavy atom. The van der Waals surface area contributed by atoms with E-state index in [1.54, 1.807) is 6.20 Å². The number of aromatic nitrogens is 1. The summed E-state index contributed by atoms with van der Waals surface area (Å²) in [6.07, 6.45) is 5.96. The van der Waals surface area contributed by atoms with Gasteiger partial charge in [0.2, 0.25) is 0 Å². The Kier molecular flexibility index (Phi) is 6.93. The van der Waals surface area contributed by atoms with Crippen molar-refractivity contribution in [1.82, 2.24) is 9.88 Å². The number of pyridine rings is 1. The van der Waals surface area contributed by atoms with Crippen LogP contribution < -0.4 is 5.32 Å². The van der Waals surface area contributed by atoms with Gasteiger partial charge in [0.05, 0.1) is 0 Å². The molecule has 0 fully saturated rings. The van der Waals surface area contributed by atoms with Crippen LogP contribution in [0.2, 0.25) is 0 Å². The first kappa shape index (κ1) is 15.5. The zero-order valence-electron chi connectivity index (χ0n) is 12.3. The van der Waals surface area contributed by atoms with Crippen LogP contribution in [-0.4, -0.2) is 35.9 Å². The quantitative estimate of drug-likeness (QED) is 0.783. The second-order valence-corrected chi connectivity index (χ2v) is 4.68. The zero-order chi connectivity index (χ0) is 14.1. The molecule has 0 aliphatic rings. The first-order valence-electron chi connectivity index (χ1n) is 7.16. The summed E-state index contributed by atoms with van der Waals surface area (Å²) in [7, 11) is 1.84. The first-order chi connectivity index (χ1) is 9.22. The molecule has 0 saturated carbocycles. The molecular formula is C15H25N3O. The van der Waals surface area contributed by atoms with Crippen LogP contribution >= 0.6 is 0 Å². The van der Waals surface area contributed by atoms with Crippen molar-refractivity contribution >= 4 is 11.6 Å². The van der Waals surface area contributed by atoms with Crippen molar-refractivity contribution in [3.63, 3.8) is 0 Å². The van der Waals surface area contributed by atoms with Crippen LogP contribution in [0.4, 0.5) is 5.69 Å². The highest BCUT2D eigenvalue weighted by molar-refractivity contribution is 5.93. The van der Waals surface area contributed by atoms with Gasteiger partial charge in [-0.3, -0.25) is 9.78 Å². The van der Waals surface area contributed by atoms with Gasteiger partial charge < -0.3 is 10.2 Å². The SMILES string of the molecule is CCCCN(CCCC)C(=O)c1cc(NC)ccn1. The van der Waals surface area contributed by atoms with Gasteiger partial charge in [0.25, 0.3) is 5.91 Å². The fraction of sp³-hybridized carbons (Fsp3) is 0.600. The summed E-state index contributed by atoms with van der Waals surface area (Å²) in [5, 5.41) is 3.04. The van der Waals surface area contributed by atoms with E-state index in [4.69, 9.17) is 0 Å². The molecule has 0 aliphatic carbocycles. The average molecular weight is 263 g/mol. The van der Waals surface area contributed by atoms with Gasteiger partial charge in [-0.05, 0) is 25.0 Å². The fourth-order valence-electron chi connectivity index (χ4n) is 1.88. The highest BCUT2D eigenvalue weighted by Crippen LogP contribution is 2.11. The molecule has 0 radical (unpaired) electrons. The number of unbranched alkanes of at least 4 members (excludes halogenated alkanes) is 2. The lowest BCUT2D eigenvalue weighted by Gasteiger charge is -2.22. The van der Waals surface area contributed by atoms with Crippen LogP contribution in [0.1, 0.15) is 50.0 Å². The predicted molar refractivity (Wildman–Crippen MR) is 79.5 cm³/mol. The molecule has 0 saturated heterocycles. The summed E-state index contributed by atoms with van der Waals surface area (Å²) in [6, 6.07) is 3.67. The van der Waals surface area contributed by atoms with Crippen molar-refractivity contribution in [3.05, 3.63) is 24.0 Å². The molecule has 106 valence electrons. The third-order valence-corrected chi connectivity index (χ3v) is 3.12. The third-order valence-electron chi connectivity index (χ3n) is 3.12.